The number of amides is 2. The molecule has 2 amide bonds. The molecule has 54 heavy (non-hydrogen) atoms. The molecular formula is C41H33F2N7O3S. The molecule has 1 saturated heterocycles. The molecule has 6 aromatic rings. The Morgan fingerprint density at radius 3 is 1.59 bits per heavy atom. The predicted molar refractivity (Wildman–Crippen MR) is 206 cm³/mol. The van der Waals surface area contributed by atoms with Crippen LogP contribution in [0.15, 0.2) is 127 Å². The number of halogens is 2. The van der Waals surface area contributed by atoms with E-state index in [1.165, 1.54) is 30.6 Å². The van der Waals surface area contributed by atoms with Crippen LogP contribution < -0.4 is 16.0 Å². The summed E-state index contributed by atoms with van der Waals surface area (Å²) in [6.45, 7) is 4.01. The minimum absolute atomic E-state index is 0.00492. The first-order valence-corrected chi connectivity index (χ1v) is 17.6. The SMILES string of the molecule is C[C@H](Nc1cncc(-c2cccc(/C=C3/SC(=O)NC3=O)c2F)n1)c1ccccc1.C[C@H](Nc1cncc(-c2cccc(C=O)c2F)n1)c1ccccc1. The lowest BCUT2D eigenvalue weighted by atomic mass is 10.1. The molecule has 4 aromatic carbocycles. The quantitative estimate of drug-likeness (QED) is 0.0921. The zero-order valence-electron chi connectivity index (χ0n) is 29.0. The van der Waals surface area contributed by atoms with Crippen molar-refractivity contribution in [1.29, 1.82) is 0 Å². The number of nitrogens with one attached hydrogen (secondary N) is 3. The topological polar surface area (TPSA) is 139 Å². The summed E-state index contributed by atoms with van der Waals surface area (Å²) in [5.41, 5.74) is 3.64. The summed E-state index contributed by atoms with van der Waals surface area (Å²) in [6.07, 6.45) is 7.98. The molecule has 0 radical (unpaired) electrons. The predicted octanol–water partition coefficient (Wildman–Crippen LogP) is 9.05. The van der Waals surface area contributed by atoms with Gasteiger partial charge in [-0.05, 0) is 61.0 Å². The number of imide groups is 1. The van der Waals surface area contributed by atoms with E-state index in [9.17, 15) is 18.8 Å². The zero-order chi connectivity index (χ0) is 38.0. The molecule has 0 saturated carbocycles. The number of hydrogen-bond acceptors (Lipinski definition) is 10. The van der Waals surface area contributed by atoms with Crippen molar-refractivity contribution in [2.75, 3.05) is 10.6 Å². The van der Waals surface area contributed by atoms with Crippen molar-refractivity contribution < 1.29 is 23.2 Å². The number of nitrogens with zero attached hydrogens (tertiary/aromatic N) is 4. The van der Waals surface area contributed by atoms with Crippen LogP contribution in [0, 0.1) is 11.6 Å². The molecule has 2 atom stereocenters. The van der Waals surface area contributed by atoms with Gasteiger partial charge in [-0.3, -0.25) is 29.7 Å². The summed E-state index contributed by atoms with van der Waals surface area (Å²) in [6, 6.07) is 29.3. The lowest BCUT2D eigenvalue weighted by Gasteiger charge is -2.15. The van der Waals surface area contributed by atoms with Crippen LogP contribution in [0.1, 0.15) is 53.0 Å². The van der Waals surface area contributed by atoms with Crippen LogP contribution >= 0.6 is 11.8 Å². The third-order valence-electron chi connectivity index (χ3n) is 8.26. The van der Waals surface area contributed by atoms with E-state index in [2.05, 4.69) is 35.9 Å². The summed E-state index contributed by atoms with van der Waals surface area (Å²) >= 11 is 0.743. The first-order valence-electron chi connectivity index (χ1n) is 16.7. The van der Waals surface area contributed by atoms with Crippen molar-refractivity contribution in [2.45, 2.75) is 25.9 Å². The number of anilines is 2. The first-order chi connectivity index (χ1) is 26.2. The van der Waals surface area contributed by atoms with E-state index in [0.29, 0.717) is 29.3 Å². The Morgan fingerprint density at radius 2 is 1.13 bits per heavy atom. The van der Waals surface area contributed by atoms with Gasteiger partial charge in [-0.2, -0.15) is 0 Å². The fourth-order valence-electron chi connectivity index (χ4n) is 5.48. The van der Waals surface area contributed by atoms with Crippen molar-refractivity contribution >= 4 is 46.9 Å². The fourth-order valence-corrected chi connectivity index (χ4v) is 6.16. The third-order valence-corrected chi connectivity index (χ3v) is 9.07. The molecule has 0 aliphatic carbocycles. The second-order valence-electron chi connectivity index (χ2n) is 12.0. The van der Waals surface area contributed by atoms with Crippen molar-refractivity contribution in [3.8, 4) is 22.5 Å². The third kappa shape index (κ3) is 9.06. The number of aromatic nitrogens is 4. The van der Waals surface area contributed by atoms with Crippen LogP contribution in [0.4, 0.5) is 25.2 Å². The van der Waals surface area contributed by atoms with Crippen LogP contribution in [0.25, 0.3) is 28.6 Å². The van der Waals surface area contributed by atoms with Gasteiger partial charge in [0.1, 0.15) is 23.3 Å². The fraction of sp³-hybridized carbons (Fsp3) is 0.0976. The number of thioether (sulfide) groups is 1. The molecule has 3 N–H and O–H groups in total. The number of aldehydes is 1. The Bertz CT molecular complexity index is 2330. The molecule has 0 spiro atoms. The number of hydrogen-bond donors (Lipinski definition) is 3. The average molecular weight is 742 g/mol. The van der Waals surface area contributed by atoms with Crippen LogP contribution in [0.5, 0.6) is 0 Å². The van der Waals surface area contributed by atoms with Crippen molar-refractivity contribution in [3.63, 3.8) is 0 Å². The minimum atomic E-state index is -0.588. The minimum Gasteiger partial charge on any atom is -0.362 e. The lowest BCUT2D eigenvalue weighted by Crippen LogP contribution is -2.17. The molecule has 1 aliphatic rings. The molecular weight excluding hydrogens is 709 g/mol. The molecule has 1 aliphatic heterocycles. The van der Waals surface area contributed by atoms with Gasteiger partial charge in [-0.25, -0.2) is 18.7 Å². The van der Waals surface area contributed by atoms with E-state index in [1.54, 1.807) is 36.7 Å². The van der Waals surface area contributed by atoms with E-state index < -0.39 is 22.8 Å². The molecule has 0 unspecified atom stereocenters. The van der Waals surface area contributed by atoms with Gasteiger partial charge < -0.3 is 10.6 Å². The molecule has 3 heterocycles. The van der Waals surface area contributed by atoms with Crippen LogP contribution in [-0.4, -0.2) is 37.4 Å². The van der Waals surface area contributed by atoms with Gasteiger partial charge in [-0.15, -0.1) is 0 Å². The van der Waals surface area contributed by atoms with Crippen molar-refractivity contribution in [1.82, 2.24) is 25.3 Å². The van der Waals surface area contributed by atoms with Gasteiger partial charge >= 0.3 is 0 Å². The van der Waals surface area contributed by atoms with E-state index in [0.717, 1.165) is 22.9 Å². The van der Waals surface area contributed by atoms with E-state index in [-0.39, 0.29) is 39.2 Å². The Morgan fingerprint density at radius 1 is 0.648 bits per heavy atom. The normalized spacial score (nSPS) is 14.0. The second-order valence-corrected chi connectivity index (χ2v) is 13.0. The number of carbonyl (C=O) groups excluding carboxylic acids is 3. The lowest BCUT2D eigenvalue weighted by molar-refractivity contribution is -0.115. The standard InChI is InChI=1S/C22H17FN4O2S.C19H16FN3O/c1-13(14-6-3-2-4-7-14)25-19-12-24-11-17(26-19)16-9-5-8-15(20(16)23)10-18-21(28)27-22(29)30-18;1-13(14-6-3-2-4-7-14)22-18-11-21-10-17(23-18)16-9-5-8-15(12-24)19(16)20/h2-13H,1H3,(H,25,26)(H,27,28,29);2-13H,1H3,(H,22,23)/b18-10+;/t2*13-/m00/s1. The largest absolute Gasteiger partial charge is 0.362 e. The zero-order valence-corrected chi connectivity index (χ0v) is 29.9. The number of benzene rings is 4. The summed E-state index contributed by atoms with van der Waals surface area (Å²) in [4.78, 5) is 51.3. The second kappa shape index (κ2) is 17.3. The molecule has 1 fully saturated rings. The number of rotatable bonds is 10. The Balaban J connectivity index is 0.000000189. The highest BCUT2D eigenvalue weighted by atomic mass is 32.2. The van der Waals surface area contributed by atoms with Crippen LogP contribution in [-0.2, 0) is 4.79 Å². The first kappa shape index (κ1) is 37.2. The van der Waals surface area contributed by atoms with Crippen molar-refractivity contribution in [2.24, 2.45) is 0 Å². The maximum absolute atomic E-state index is 15.1. The van der Waals surface area contributed by atoms with Gasteiger partial charge in [0.25, 0.3) is 11.1 Å². The highest BCUT2D eigenvalue weighted by molar-refractivity contribution is 8.18. The maximum Gasteiger partial charge on any atom is 0.290 e. The summed E-state index contributed by atoms with van der Waals surface area (Å²) in [7, 11) is 0. The molecule has 0 bridgehead atoms. The van der Waals surface area contributed by atoms with Gasteiger partial charge in [0.15, 0.2) is 6.29 Å². The summed E-state index contributed by atoms with van der Waals surface area (Å²) in [5, 5.41) is 8.20. The molecule has 10 nitrogen and oxygen atoms in total. The monoisotopic (exact) mass is 741 g/mol. The highest BCUT2D eigenvalue weighted by Gasteiger charge is 2.26. The Kier molecular flexibility index (Phi) is 11.9. The van der Waals surface area contributed by atoms with Crippen LogP contribution in [0.3, 0.4) is 0 Å². The van der Waals surface area contributed by atoms with Gasteiger partial charge in [0, 0.05) is 28.8 Å². The van der Waals surface area contributed by atoms with E-state index >= 15 is 4.39 Å². The molecule has 13 heteroatoms. The molecule has 2 aromatic heterocycles. The van der Waals surface area contributed by atoms with E-state index in [4.69, 9.17) is 0 Å². The Labute approximate surface area is 314 Å². The smallest absolute Gasteiger partial charge is 0.290 e. The maximum atomic E-state index is 15.1. The van der Waals surface area contributed by atoms with Gasteiger partial charge in [-0.1, -0.05) is 78.9 Å². The Hall–Kier alpha value is -6.60. The van der Waals surface area contributed by atoms with Crippen LogP contribution in [0.2, 0.25) is 0 Å². The van der Waals surface area contributed by atoms with Crippen molar-refractivity contribution in [3.05, 3.63) is 161 Å². The highest BCUT2D eigenvalue weighted by Crippen LogP contribution is 2.30. The average Bonchev–Trinajstić information content (AvgIpc) is 3.52. The summed E-state index contributed by atoms with van der Waals surface area (Å²) < 4.78 is 29.4. The van der Waals surface area contributed by atoms with E-state index in [1.807, 2.05) is 74.5 Å². The van der Waals surface area contributed by atoms with Gasteiger partial charge in [0.2, 0.25) is 0 Å². The molecule has 7 rings (SSSR count). The van der Waals surface area contributed by atoms with Gasteiger partial charge in [0.05, 0.1) is 46.6 Å². The number of carbonyl (C=O) groups is 3. The molecule has 270 valence electrons. The summed E-state index contributed by atoms with van der Waals surface area (Å²) in [5.74, 6) is -0.603.